The first-order chi connectivity index (χ1) is 20.6. The first kappa shape index (κ1) is 32.2. The van der Waals surface area contributed by atoms with Crippen LogP contribution in [0.5, 0.6) is 0 Å². The van der Waals surface area contributed by atoms with E-state index >= 15 is 0 Å². The molecule has 4 rings (SSSR count). The topological polar surface area (TPSA) is 87.3 Å². The maximum absolute atomic E-state index is 13.5. The molecule has 4 aromatic rings. The van der Waals surface area contributed by atoms with Crippen molar-refractivity contribution in [1.82, 2.24) is 5.32 Å². The van der Waals surface area contributed by atoms with Crippen LogP contribution in [-0.2, 0) is 9.59 Å². The van der Waals surface area contributed by atoms with Gasteiger partial charge in [-0.25, -0.2) is 0 Å². The third-order valence-electron chi connectivity index (χ3n) is 6.28. The number of hydrogen-bond donors (Lipinski definition) is 3. The molecule has 0 aliphatic rings. The van der Waals surface area contributed by atoms with Crippen molar-refractivity contribution in [1.29, 1.82) is 0 Å². The molecule has 0 saturated carbocycles. The Hall–Kier alpha value is -3.75. The van der Waals surface area contributed by atoms with Crippen LogP contribution in [0.1, 0.15) is 34.8 Å². The van der Waals surface area contributed by atoms with Gasteiger partial charge in [0, 0.05) is 36.9 Å². The Balaban J connectivity index is 1.53. The Labute approximate surface area is 269 Å². The summed E-state index contributed by atoms with van der Waals surface area (Å²) in [5.41, 5.74) is 2.93. The van der Waals surface area contributed by atoms with Crippen LogP contribution in [0.15, 0.2) is 102 Å². The minimum absolute atomic E-state index is 0.0150. The molecule has 0 saturated heterocycles. The number of aryl methyl sites for hydroxylation is 1. The minimum Gasteiger partial charge on any atom is -0.325 e. The van der Waals surface area contributed by atoms with Crippen LogP contribution >= 0.6 is 46.6 Å². The lowest BCUT2D eigenvalue weighted by atomic mass is 10.1. The third-order valence-corrected chi connectivity index (χ3v) is 8.44. The van der Waals surface area contributed by atoms with Gasteiger partial charge >= 0.3 is 0 Å². The number of anilines is 2. The van der Waals surface area contributed by atoms with Gasteiger partial charge in [-0.1, -0.05) is 78.1 Å². The van der Waals surface area contributed by atoms with E-state index in [1.165, 1.54) is 17.8 Å². The summed E-state index contributed by atoms with van der Waals surface area (Å²) < 4.78 is 0. The van der Waals surface area contributed by atoms with Gasteiger partial charge < -0.3 is 16.0 Å². The second kappa shape index (κ2) is 15.1. The van der Waals surface area contributed by atoms with Crippen LogP contribution in [0.25, 0.3) is 6.08 Å². The Morgan fingerprint density at radius 1 is 0.837 bits per heavy atom. The van der Waals surface area contributed by atoms with Crippen molar-refractivity contribution in [3.8, 4) is 0 Å². The summed E-state index contributed by atoms with van der Waals surface area (Å²) >= 11 is 19.9. The Kier molecular flexibility index (Phi) is 11.3. The average molecular weight is 653 g/mol. The first-order valence-electron chi connectivity index (χ1n) is 13.3. The summed E-state index contributed by atoms with van der Waals surface area (Å²) in [5.74, 6) is -1.16. The zero-order chi connectivity index (χ0) is 30.9. The number of nitrogens with one attached hydrogen (secondary N) is 3. The normalized spacial score (nSPS) is 11.9. The smallest absolute Gasteiger partial charge is 0.272 e. The van der Waals surface area contributed by atoms with Gasteiger partial charge in [0.25, 0.3) is 11.8 Å². The fourth-order valence-electron chi connectivity index (χ4n) is 3.99. The highest BCUT2D eigenvalue weighted by Gasteiger charge is 2.20. The molecule has 1 unspecified atom stereocenters. The van der Waals surface area contributed by atoms with Crippen LogP contribution in [0.3, 0.4) is 0 Å². The zero-order valence-electron chi connectivity index (χ0n) is 23.3. The predicted molar refractivity (Wildman–Crippen MR) is 178 cm³/mol. The van der Waals surface area contributed by atoms with Crippen LogP contribution in [0.2, 0.25) is 15.1 Å². The average Bonchev–Trinajstić information content (AvgIpc) is 2.99. The van der Waals surface area contributed by atoms with Crippen LogP contribution in [-0.4, -0.2) is 23.0 Å². The molecule has 0 radical (unpaired) electrons. The maximum Gasteiger partial charge on any atom is 0.272 e. The molecule has 0 aromatic heterocycles. The van der Waals surface area contributed by atoms with Gasteiger partial charge in [-0.2, -0.15) is 0 Å². The molecular formula is C33H28Cl3N3O3S. The van der Waals surface area contributed by atoms with Crippen molar-refractivity contribution in [3.63, 3.8) is 0 Å². The van der Waals surface area contributed by atoms with Crippen LogP contribution < -0.4 is 16.0 Å². The number of benzene rings is 4. The van der Waals surface area contributed by atoms with Gasteiger partial charge in [-0.15, -0.1) is 11.8 Å². The fraction of sp³-hybridized carbons (Fsp3) is 0.121. The summed E-state index contributed by atoms with van der Waals surface area (Å²) in [5, 5.41) is 9.42. The van der Waals surface area contributed by atoms with Crippen molar-refractivity contribution < 1.29 is 14.4 Å². The van der Waals surface area contributed by atoms with Crippen molar-refractivity contribution in [3.05, 3.63) is 128 Å². The molecule has 3 N–H and O–H groups in total. The number of rotatable bonds is 10. The van der Waals surface area contributed by atoms with Crippen molar-refractivity contribution in [2.45, 2.75) is 30.4 Å². The monoisotopic (exact) mass is 651 g/mol. The lowest BCUT2D eigenvalue weighted by molar-refractivity contribution is -0.116. The molecule has 3 amide bonds. The maximum atomic E-state index is 13.5. The summed E-state index contributed by atoms with van der Waals surface area (Å²) in [6, 6.07) is 25.9. The van der Waals surface area contributed by atoms with Gasteiger partial charge in [0.2, 0.25) is 5.91 Å². The van der Waals surface area contributed by atoms with Crippen molar-refractivity contribution in [2.24, 2.45) is 0 Å². The second-order valence-electron chi connectivity index (χ2n) is 9.49. The number of halogens is 3. The highest BCUT2D eigenvalue weighted by atomic mass is 35.5. The van der Waals surface area contributed by atoms with E-state index < -0.39 is 17.1 Å². The number of carbonyl (C=O) groups is 3. The minimum atomic E-state index is -0.557. The van der Waals surface area contributed by atoms with Crippen molar-refractivity contribution >= 4 is 81.7 Å². The van der Waals surface area contributed by atoms with E-state index in [2.05, 4.69) is 16.0 Å². The first-order valence-corrected chi connectivity index (χ1v) is 15.3. The summed E-state index contributed by atoms with van der Waals surface area (Å²) in [6.45, 7) is 3.83. The van der Waals surface area contributed by atoms with Gasteiger partial charge in [0.15, 0.2) is 0 Å². The molecule has 220 valence electrons. The van der Waals surface area contributed by atoms with E-state index in [4.69, 9.17) is 34.8 Å². The quantitative estimate of drug-likeness (QED) is 0.118. The largest absolute Gasteiger partial charge is 0.325 e. The van der Waals surface area contributed by atoms with E-state index in [1.807, 2.05) is 26.0 Å². The molecule has 1 atom stereocenters. The number of thioether (sulfide) groups is 1. The fourth-order valence-corrected chi connectivity index (χ4v) is 5.64. The Morgan fingerprint density at radius 2 is 1.56 bits per heavy atom. The molecule has 6 nitrogen and oxygen atoms in total. The van der Waals surface area contributed by atoms with Gasteiger partial charge in [-0.3, -0.25) is 14.4 Å². The molecule has 4 aromatic carbocycles. The molecule has 0 aliphatic heterocycles. The van der Waals surface area contributed by atoms with Gasteiger partial charge in [-0.05, 0) is 85.1 Å². The Morgan fingerprint density at radius 3 is 2.28 bits per heavy atom. The lowest BCUT2D eigenvalue weighted by Gasteiger charge is -2.17. The molecule has 0 bridgehead atoms. The zero-order valence-corrected chi connectivity index (χ0v) is 26.4. The number of amides is 3. The van der Waals surface area contributed by atoms with Crippen LogP contribution in [0.4, 0.5) is 11.4 Å². The summed E-state index contributed by atoms with van der Waals surface area (Å²) in [4.78, 5) is 40.3. The van der Waals surface area contributed by atoms with Gasteiger partial charge in [0.1, 0.15) is 5.70 Å². The third kappa shape index (κ3) is 9.12. The molecule has 0 spiro atoms. The highest BCUT2D eigenvalue weighted by Crippen LogP contribution is 2.30. The number of carbonyl (C=O) groups excluding carboxylic acids is 3. The molecule has 0 heterocycles. The predicted octanol–water partition coefficient (Wildman–Crippen LogP) is 8.87. The van der Waals surface area contributed by atoms with E-state index in [0.717, 1.165) is 10.5 Å². The molecular weight excluding hydrogens is 625 g/mol. The lowest BCUT2D eigenvalue weighted by Crippen LogP contribution is -2.30. The standard InChI is InChI=1S/C33H28Cl3N3O3S/c1-3-30(33(42)38-28-18-24(35)14-12-20(28)2)43-26-11-7-10-25(19-26)37-32(41)29(16-22-13-15-23(34)17-27(22)36)39-31(40)21-8-5-4-6-9-21/h4-19,30H,3H2,1-2H3,(H,37,41)(H,38,42)(H,39,40)/b29-16+. The van der Waals surface area contributed by atoms with E-state index in [9.17, 15) is 14.4 Å². The van der Waals surface area contributed by atoms with Gasteiger partial charge in [0.05, 0.1) is 5.25 Å². The SMILES string of the molecule is CCC(Sc1cccc(NC(=O)/C(=C\c2ccc(Cl)cc2Cl)NC(=O)c2ccccc2)c1)C(=O)Nc1cc(Cl)ccc1C. The summed E-state index contributed by atoms with van der Waals surface area (Å²) in [6.07, 6.45) is 2.07. The van der Waals surface area contributed by atoms with E-state index in [-0.39, 0.29) is 11.6 Å². The summed E-state index contributed by atoms with van der Waals surface area (Å²) in [7, 11) is 0. The number of hydrogen-bond acceptors (Lipinski definition) is 4. The molecule has 0 fully saturated rings. The second-order valence-corrected chi connectivity index (χ2v) is 12.0. The van der Waals surface area contributed by atoms with E-state index in [1.54, 1.807) is 78.9 Å². The van der Waals surface area contributed by atoms with E-state index in [0.29, 0.717) is 44.0 Å². The Bertz CT molecular complexity index is 1680. The molecule has 0 aliphatic carbocycles. The molecule has 43 heavy (non-hydrogen) atoms. The highest BCUT2D eigenvalue weighted by molar-refractivity contribution is 8.00. The van der Waals surface area contributed by atoms with Crippen LogP contribution in [0, 0.1) is 6.92 Å². The van der Waals surface area contributed by atoms with Crippen molar-refractivity contribution in [2.75, 3.05) is 10.6 Å². The molecule has 10 heteroatoms.